The van der Waals surface area contributed by atoms with Crippen LogP contribution in [0, 0.1) is 6.92 Å². The first-order valence-electron chi connectivity index (χ1n) is 7.87. The van der Waals surface area contributed by atoms with E-state index in [0.717, 1.165) is 19.3 Å². The molecule has 22 heavy (non-hydrogen) atoms. The van der Waals surface area contributed by atoms with E-state index in [1.54, 1.807) is 12.1 Å². The Morgan fingerprint density at radius 2 is 1.68 bits per heavy atom. The minimum absolute atomic E-state index is 0.241. The average Bonchev–Trinajstić information content (AvgIpc) is 2.55. The van der Waals surface area contributed by atoms with Crippen molar-refractivity contribution in [1.82, 2.24) is 0 Å². The summed E-state index contributed by atoms with van der Waals surface area (Å²) in [7, 11) is 0. The summed E-state index contributed by atoms with van der Waals surface area (Å²) >= 11 is 0. The van der Waals surface area contributed by atoms with E-state index >= 15 is 0 Å². The van der Waals surface area contributed by atoms with Crippen LogP contribution in [-0.4, -0.2) is 11.6 Å². The molecule has 1 atom stereocenters. The van der Waals surface area contributed by atoms with Gasteiger partial charge in [0, 0.05) is 0 Å². The van der Waals surface area contributed by atoms with Gasteiger partial charge in [-0.2, -0.15) is 0 Å². The van der Waals surface area contributed by atoms with Crippen molar-refractivity contribution in [2.45, 2.75) is 45.6 Å². The number of benzene rings is 2. The zero-order valence-electron chi connectivity index (χ0n) is 13.6. The molecule has 2 aromatic rings. The van der Waals surface area contributed by atoms with Gasteiger partial charge in [-0.3, -0.25) is 0 Å². The largest absolute Gasteiger partial charge is 0.456 e. The molecule has 0 spiro atoms. The third-order valence-electron chi connectivity index (χ3n) is 4.28. The second-order valence-electron chi connectivity index (χ2n) is 5.99. The summed E-state index contributed by atoms with van der Waals surface area (Å²) in [6.45, 7) is 6.21. The summed E-state index contributed by atoms with van der Waals surface area (Å²) in [6.07, 6.45) is 2.55. The molecule has 0 bridgehead atoms. The van der Waals surface area contributed by atoms with Gasteiger partial charge in [-0.05, 0) is 56.4 Å². The highest BCUT2D eigenvalue weighted by atomic mass is 16.6. The van der Waals surface area contributed by atoms with Gasteiger partial charge in [0.15, 0.2) is 0 Å². The number of carbonyl (C=O) groups is 1. The van der Waals surface area contributed by atoms with E-state index in [1.807, 2.05) is 31.2 Å². The second-order valence-corrected chi connectivity index (χ2v) is 5.99. The summed E-state index contributed by atoms with van der Waals surface area (Å²) in [4.78, 5) is 12.3. The van der Waals surface area contributed by atoms with Crippen LogP contribution in [0.4, 0.5) is 0 Å². The van der Waals surface area contributed by atoms with E-state index in [2.05, 4.69) is 32.0 Å². The smallest absolute Gasteiger partial charge is 0.338 e. The van der Waals surface area contributed by atoms with Crippen LogP contribution in [0.3, 0.4) is 0 Å². The molecule has 2 heteroatoms. The van der Waals surface area contributed by atoms with Crippen molar-refractivity contribution in [3.05, 3.63) is 71.3 Å². The maximum atomic E-state index is 12.3. The Labute approximate surface area is 133 Å². The lowest BCUT2D eigenvalue weighted by Gasteiger charge is -2.29. The highest BCUT2D eigenvalue weighted by molar-refractivity contribution is 5.89. The quantitative estimate of drug-likeness (QED) is 0.705. The number of esters is 1. The molecule has 0 aliphatic heterocycles. The summed E-state index contributed by atoms with van der Waals surface area (Å²) < 4.78 is 5.80. The molecule has 2 aromatic carbocycles. The number of carbonyl (C=O) groups excluding carboxylic acids is 1. The van der Waals surface area contributed by atoms with Crippen LogP contribution in [0.2, 0.25) is 0 Å². The number of hydrogen-bond acceptors (Lipinski definition) is 2. The Hall–Kier alpha value is -2.09. The average molecular weight is 296 g/mol. The molecule has 2 rings (SSSR count). The third-order valence-corrected chi connectivity index (χ3v) is 4.28. The fourth-order valence-corrected chi connectivity index (χ4v) is 2.45. The van der Waals surface area contributed by atoms with E-state index < -0.39 is 5.60 Å². The number of ether oxygens (including phenoxy) is 1. The molecule has 2 nitrogen and oxygen atoms in total. The van der Waals surface area contributed by atoms with Gasteiger partial charge in [-0.15, -0.1) is 0 Å². The molecule has 116 valence electrons. The predicted molar refractivity (Wildman–Crippen MR) is 90.1 cm³/mol. The van der Waals surface area contributed by atoms with Crippen molar-refractivity contribution in [3.63, 3.8) is 0 Å². The van der Waals surface area contributed by atoms with Crippen LogP contribution in [0.15, 0.2) is 54.6 Å². The van der Waals surface area contributed by atoms with Crippen molar-refractivity contribution < 1.29 is 9.53 Å². The predicted octanol–water partition coefficient (Wildman–Crippen LogP) is 4.95. The molecule has 1 unspecified atom stereocenters. The van der Waals surface area contributed by atoms with Crippen LogP contribution < -0.4 is 0 Å². The summed E-state index contributed by atoms with van der Waals surface area (Å²) in [5.41, 5.74) is 2.78. The minimum Gasteiger partial charge on any atom is -0.456 e. The lowest BCUT2D eigenvalue weighted by Crippen LogP contribution is -2.31. The molecule has 0 saturated carbocycles. The standard InChI is InChI=1S/C20H24O2/c1-4-20(3,15-14-17-11-9-8-10-16(17)2)22-19(21)18-12-6-5-7-13-18/h5-13H,4,14-15H2,1-3H3. The van der Waals surface area contributed by atoms with Crippen molar-refractivity contribution in [2.75, 3.05) is 0 Å². The molecule has 0 aliphatic carbocycles. The molecule has 0 N–H and O–H groups in total. The fourth-order valence-electron chi connectivity index (χ4n) is 2.45. The number of aryl methyl sites for hydroxylation is 2. The summed E-state index contributed by atoms with van der Waals surface area (Å²) in [5, 5.41) is 0. The summed E-state index contributed by atoms with van der Waals surface area (Å²) in [6, 6.07) is 17.6. The monoisotopic (exact) mass is 296 g/mol. The molecule has 0 aliphatic rings. The highest BCUT2D eigenvalue weighted by Gasteiger charge is 2.27. The van der Waals surface area contributed by atoms with Gasteiger partial charge < -0.3 is 4.74 Å². The third kappa shape index (κ3) is 4.20. The van der Waals surface area contributed by atoms with Crippen LogP contribution in [0.5, 0.6) is 0 Å². The Balaban J connectivity index is 2.02. The van der Waals surface area contributed by atoms with E-state index in [9.17, 15) is 4.79 Å². The first kappa shape index (κ1) is 16.3. The molecule has 0 radical (unpaired) electrons. The van der Waals surface area contributed by atoms with Crippen molar-refractivity contribution in [1.29, 1.82) is 0 Å². The second kappa shape index (κ2) is 7.26. The highest BCUT2D eigenvalue weighted by Crippen LogP contribution is 2.25. The normalized spacial score (nSPS) is 13.4. The van der Waals surface area contributed by atoms with Gasteiger partial charge in [-0.1, -0.05) is 49.4 Å². The van der Waals surface area contributed by atoms with Crippen molar-refractivity contribution in [2.24, 2.45) is 0 Å². The number of hydrogen-bond donors (Lipinski definition) is 0. The summed E-state index contributed by atoms with van der Waals surface area (Å²) in [5.74, 6) is -0.241. The Bertz CT molecular complexity index is 619. The lowest BCUT2D eigenvalue weighted by molar-refractivity contribution is -0.0152. The molecule has 0 heterocycles. The maximum Gasteiger partial charge on any atom is 0.338 e. The molecule has 0 aromatic heterocycles. The van der Waals surface area contributed by atoms with E-state index in [0.29, 0.717) is 5.56 Å². The Morgan fingerprint density at radius 3 is 2.32 bits per heavy atom. The van der Waals surface area contributed by atoms with Gasteiger partial charge in [0.1, 0.15) is 5.60 Å². The van der Waals surface area contributed by atoms with E-state index in [1.165, 1.54) is 11.1 Å². The molecular formula is C20H24O2. The lowest BCUT2D eigenvalue weighted by atomic mass is 9.92. The molecule has 0 fully saturated rings. The first-order valence-corrected chi connectivity index (χ1v) is 7.87. The first-order chi connectivity index (χ1) is 10.5. The van der Waals surface area contributed by atoms with Crippen LogP contribution in [-0.2, 0) is 11.2 Å². The SMILES string of the molecule is CCC(C)(CCc1ccccc1C)OC(=O)c1ccccc1. The topological polar surface area (TPSA) is 26.3 Å². The zero-order chi connectivity index (χ0) is 16.0. The number of rotatable bonds is 6. The molecule has 0 saturated heterocycles. The van der Waals surface area contributed by atoms with Crippen molar-refractivity contribution >= 4 is 5.97 Å². The zero-order valence-corrected chi connectivity index (χ0v) is 13.6. The molecular weight excluding hydrogens is 272 g/mol. The van der Waals surface area contributed by atoms with Gasteiger partial charge in [0.05, 0.1) is 5.56 Å². The fraction of sp³-hybridized carbons (Fsp3) is 0.350. The maximum absolute atomic E-state index is 12.3. The van der Waals surface area contributed by atoms with Gasteiger partial charge in [0.25, 0.3) is 0 Å². The van der Waals surface area contributed by atoms with Gasteiger partial charge >= 0.3 is 5.97 Å². The van der Waals surface area contributed by atoms with Crippen molar-refractivity contribution in [3.8, 4) is 0 Å². The van der Waals surface area contributed by atoms with Gasteiger partial charge in [0.2, 0.25) is 0 Å². The van der Waals surface area contributed by atoms with Crippen LogP contribution >= 0.6 is 0 Å². The Kier molecular flexibility index (Phi) is 5.37. The Morgan fingerprint density at radius 1 is 1.05 bits per heavy atom. The minimum atomic E-state index is -0.435. The van der Waals surface area contributed by atoms with E-state index in [-0.39, 0.29) is 5.97 Å². The van der Waals surface area contributed by atoms with Crippen LogP contribution in [0.25, 0.3) is 0 Å². The van der Waals surface area contributed by atoms with Gasteiger partial charge in [-0.25, -0.2) is 4.79 Å². The molecule has 0 amide bonds. The van der Waals surface area contributed by atoms with Crippen LogP contribution in [0.1, 0.15) is 48.2 Å². The van der Waals surface area contributed by atoms with E-state index in [4.69, 9.17) is 4.74 Å².